The van der Waals surface area contributed by atoms with Crippen molar-refractivity contribution in [1.29, 1.82) is 0 Å². The number of nitrogens with zero attached hydrogens (tertiary/aromatic N) is 3. The zero-order chi connectivity index (χ0) is 13.8. The SMILES string of the molecule is Cl.O=C(c1ccc(Cn2ccnc2)cc1)N1CCNCC1. The van der Waals surface area contributed by atoms with Crippen molar-refractivity contribution in [2.75, 3.05) is 26.2 Å². The predicted octanol–water partition coefficient (Wildman–Crippen LogP) is 1.40. The van der Waals surface area contributed by atoms with E-state index in [9.17, 15) is 4.79 Å². The number of benzene rings is 1. The molecule has 0 aliphatic carbocycles. The van der Waals surface area contributed by atoms with Gasteiger partial charge in [0.15, 0.2) is 0 Å². The van der Waals surface area contributed by atoms with Gasteiger partial charge in [0.05, 0.1) is 6.33 Å². The summed E-state index contributed by atoms with van der Waals surface area (Å²) in [6.07, 6.45) is 5.49. The van der Waals surface area contributed by atoms with Crippen molar-refractivity contribution >= 4 is 18.3 Å². The number of hydrogen-bond donors (Lipinski definition) is 1. The second-order valence-corrected chi connectivity index (χ2v) is 4.97. The molecule has 0 bridgehead atoms. The van der Waals surface area contributed by atoms with Crippen LogP contribution in [0.15, 0.2) is 43.0 Å². The smallest absolute Gasteiger partial charge is 0.253 e. The van der Waals surface area contributed by atoms with Gasteiger partial charge in [0.2, 0.25) is 0 Å². The van der Waals surface area contributed by atoms with Crippen LogP contribution in [0.3, 0.4) is 0 Å². The lowest BCUT2D eigenvalue weighted by Crippen LogP contribution is -2.46. The largest absolute Gasteiger partial charge is 0.336 e. The first-order chi connectivity index (χ1) is 9.83. The van der Waals surface area contributed by atoms with E-state index in [-0.39, 0.29) is 18.3 Å². The number of halogens is 1. The summed E-state index contributed by atoms with van der Waals surface area (Å²) in [5, 5.41) is 3.25. The summed E-state index contributed by atoms with van der Waals surface area (Å²) in [6, 6.07) is 7.85. The van der Waals surface area contributed by atoms with E-state index in [0.717, 1.165) is 38.3 Å². The first-order valence-electron chi connectivity index (χ1n) is 6.87. The number of carbonyl (C=O) groups is 1. The van der Waals surface area contributed by atoms with Crippen LogP contribution in [-0.2, 0) is 6.54 Å². The van der Waals surface area contributed by atoms with Gasteiger partial charge in [-0.05, 0) is 17.7 Å². The molecular formula is C15H19ClN4O. The summed E-state index contributed by atoms with van der Waals surface area (Å²) >= 11 is 0. The fourth-order valence-electron chi connectivity index (χ4n) is 2.39. The second-order valence-electron chi connectivity index (χ2n) is 4.97. The van der Waals surface area contributed by atoms with Gasteiger partial charge in [0, 0.05) is 50.7 Å². The van der Waals surface area contributed by atoms with Gasteiger partial charge >= 0.3 is 0 Å². The lowest BCUT2D eigenvalue weighted by Gasteiger charge is -2.27. The summed E-state index contributed by atoms with van der Waals surface area (Å²) in [4.78, 5) is 18.2. The molecule has 0 saturated carbocycles. The van der Waals surface area contributed by atoms with Crippen molar-refractivity contribution in [1.82, 2.24) is 19.8 Å². The van der Waals surface area contributed by atoms with Crippen LogP contribution in [-0.4, -0.2) is 46.5 Å². The Kier molecular flexibility index (Phi) is 5.36. The summed E-state index contributed by atoms with van der Waals surface area (Å²) in [7, 11) is 0. The number of carbonyl (C=O) groups excluding carboxylic acids is 1. The Balaban J connectivity index is 0.00000161. The van der Waals surface area contributed by atoms with Crippen molar-refractivity contribution in [3.05, 3.63) is 54.1 Å². The maximum atomic E-state index is 12.3. The highest BCUT2D eigenvalue weighted by Crippen LogP contribution is 2.09. The maximum Gasteiger partial charge on any atom is 0.253 e. The molecule has 21 heavy (non-hydrogen) atoms. The van der Waals surface area contributed by atoms with Crippen LogP contribution >= 0.6 is 12.4 Å². The Labute approximate surface area is 130 Å². The monoisotopic (exact) mass is 306 g/mol. The van der Waals surface area contributed by atoms with Gasteiger partial charge in [-0.15, -0.1) is 12.4 Å². The van der Waals surface area contributed by atoms with Crippen LogP contribution in [0.1, 0.15) is 15.9 Å². The first kappa shape index (κ1) is 15.5. The van der Waals surface area contributed by atoms with E-state index in [1.165, 1.54) is 5.56 Å². The van der Waals surface area contributed by atoms with E-state index in [1.54, 1.807) is 12.5 Å². The molecule has 1 fully saturated rings. The third kappa shape index (κ3) is 3.83. The molecule has 2 heterocycles. The average Bonchev–Trinajstić information content (AvgIpc) is 3.01. The van der Waals surface area contributed by atoms with Crippen molar-refractivity contribution in [3.63, 3.8) is 0 Å². The fraction of sp³-hybridized carbons (Fsp3) is 0.333. The molecule has 0 atom stereocenters. The molecule has 5 nitrogen and oxygen atoms in total. The van der Waals surface area contributed by atoms with E-state index in [4.69, 9.17) is 0 Å². The van der Waals surface area contributed by atoms with Crippen molar-refractivity contribution in [3.8, 4) is 0 Å². The summed E-state index contributed by atoms with van der Waals surface area (Å²) in [5.74, 6) is 0.126. The Bertz CT molecular complexity index is 562. The molecule has 1 aromatic carbocycles. The summed E-state index contributed by atoms with van der Waals surface area (Å²) in [5.41, 5.74) is 1.93. The number of imidazole rings is 1. The molecule has 112 valence electrons. The van der Waals surface area contributed by atoms with Gasteiger partial charge in [0.1, 0.15) is 0 Å². The minimum atomic E-state index is 0. The van der Waals surface area contributed by atoms with Gasteiger partial charge < -0.3 is 14.8 Å². The first-order valence-corrected chi connectivity index (χ1v) is 6.87. The van der Waals surface area contributed by atoms with Crippen molar-refractivity contribution < 1.29 is 4.79 Å². The number of hydrogen-bond acceptors (Lipinski definition) is 3. The Morgan fingerprint density at radius 2 is 1.90 bits per heavy atom. The van der Waals surface area contributed by atoms with Crippen LogP contribution in [0.5, 0.6) is 0 Å². The lowest BCUT2D eigenvalue weighted by atomic mass is 10.1. The minimum absolute atomic E-state index is 0. The molecule has 1 aliphatic heterocycles. The molecule has 0 radical (unpaired) electrons. The Morgan fingerprint density at radius 3 is 2.52 bits per heavy atom. The van der Waals surface area contributed by atoms with Gasteiger partial charge in [0.25, 0.3) is 5.91 Å². The molecule has 1 N–H and O–H groups in total. The summed E-state index contributed by atoms with van der Waals surface area (Å²) in [6.45, 7) is 4.11. The highest BCUT2D eigenvalue weighted by atomic mass is 35.5. The normalized spacial score (nSPS) is 14.6. The molecule has 0 unspecified atom stereocenters. The van der Waals surface area contributed by atoms with E-state index >= 15 is 0 Å². The third-order valence-corrected chi connectivity index (χ3v) is 3.53. The molecule has 1 aliphatic rings. The quantitative estimate of drug-likeness (QED) is 0.932. The maximum absolute atomic E-state index is 12.3. The van der Waals surface area contributed by atoms with Crippen molar-refractivity contribution in [2.24, 2.45) is 0 Å². The molecule has 0 spiro atoms. The lowest BCUT2D eigenvalue weighted by molar-refractivity contribution is 0.0736. The Hall–Kier alpha value is -1.85. The van der Waals surface area contributed by atoms with Crippen molar-refractivity contribution in [2.45, 2.75) is 6.54 Å². The topological polar surface area (TPSA) is 50.2 Å². The van der Waals surface area contributed by atoms with E-state index in [1.807, 2.05) is 39.9 Å². The molecule has 1 saturated heterocycles. The number of amides is 1. The predicted molar refractivity (Wildman–Crippen MR) is 83.8 cm³/mol. The van der Waals surface area contributed by atoms with Gasteiger partial charge in [-0.25, -0.2) is 4.98 Å². The van der Waals surface area contributed by atoms with Crippen LogP contribution in [0.2, 0.25) is 0 Å². The molecule has 3 rings (SSSR count). The standard InChI is InChI=1S/C15H18N4O.ClH/c20-15(19-9-6-16-7-10-19)14-3-1-13(2-4-14)11-18-8-5-17-12-18;/h1-5,8,12,16H,6-7,9-11H2;1H. The molecular weight excluding hydrogens is 288 g/mol. The van der Waals surface area contributed by atoms with Crippen LogP contribution in [0.4, 0.5) is 0 Å². The molecule has 1 amide bonds. The summed E-state index contributed by atoms with van der Waals surface area (Å²) < 4.78 is 2.01. The zero-order valence-corrected chi connectivity index (χ0v) is 12.6. The highest BCUT2D eigenvalue weighted by Gasteiger charge is 2.17. The number of piperazine rings is 1. The average molecular weight is 307 g/mol. The van der Waals surface area contributed by atoms with E-state index in [2.05, 4.69) is 10.3 Å². The van der Waals surface area contributed by atoms with Gasteiger partial charge in [-0.1, -0.05) is 12.1 Å². The van der Waals surface area contributed by atoms with Crippen LogP contribution in [0.25, 0.3) is 0 Å². The number of rotatable bonds is 3. The molecule has 1 aromatic heterocycles. The highest BCUT2D eigenvalue weighted by molar-refractivity contribution is 5.94. The minimum Gasteiger partial charge on any atom is -0.336 e. The zero-order valence-electron chi connectivity index (χ0n) is 11.7. The Morgan fingerprint density at radius 1 is 1.19 bits per heavy atom. The van der Waals surface area contributed by atoms with Gasteiger partial charge in [-0.3, -0.25) is 4.79 Å². The third-order valence-electron chi connectivity index (χ3n) is 3.53. The van der Waals surface area contributed by atoms with E-state index in [0.29, 0.717) is 0 Å². The van der Waals surface area contributed by atoms with Crippen LogP contribution < -0.4 is 5.32 Å². The number of aromatic nitrogens is 2. The van der Waals surface area contributed by atoms with Crippen LogP contribution in [0, 0.1) is 0 Å². The second kappa shape index (κ2) is 7.24. The number of nitrogens with one attached hydrogen (secondary N) is 1. The molecule has 6 heteroatoms. The molecule has 2 aromatic rings. The van der Waals surface area contributed by atoms with E-state index < -0.39 is 0 Å². The van der Waals surface area contributed by atoms with Gasteiger partial charge in [-0.2, -0.15) is 0 Å². The fourth-order valence-corrected chi connectivity index (χ4v) is 2.39.